The smallest absolute Gasteiger partial charge is 0.178 e. The lowest BCUT2D eigenvalue weighted by Crippen LogP contribution is -2.27. The van der Waals surface area contributed by atoms with E-state index in [9.17, 15) is 9.60 Å². The van der Waals surface area contributed by atoms with Gasteiger partial charge in [-0.2, -0.15) is 0 Å². The van der Waals surface area contributed by atoms with Crippen LogP contribution in [0, 0.1) is 11.2 Å². The number of imidazole rings is 1. The largest absolute Gasteiger partial charge is 0.383 e. The maximum Gasteiger partial charge on any atom is 0.178 e. The monoisotopic (exact) mass is 392 g/mol. The summed E-state index contributed by atoms with van der Waals surface area (Å²) < 4.78 is 18.3. The Bertz CT molecular complexity index is 964. The third kappa shape index (κ3) is 4.22. The Kier molecular flexibility index (Phi) is 5.97. The molecule has 0 radical (unpaired) electrons. The molecule has 142 valence electrons. The molecule has 0 atom stereocenters. The van der Waals surface area contributed by atoms with Gasteiger partial charge in [0.2, 0.25) is 0 Å². The van der Waals surface area contributed by atoms with Crippen molar-refractivity contribution in [3.05, 3.63) is 52.7 Å². The molecule has 1 aromatic carbocycles. The number of H-pyrrole nitrogens is 1. The Hall–Kier alpha value is -2.59. The van der Waals surface area contributed by atoms with Crippen molar-refractivity contribution >= 4 is 34.3 Å². The zero-order valence-electron chi connectivity index (χ0n) is 14.5. The average molecular weight is 393 g/mol. The second-order valence-electron chi connectivity index (χ2n) is 5.67. The van der Waals surface area contributed by atoms with Crippen LogP contribution < -0.4 is 10.4 Å². The number of amidine groups is 1. The topological polar surface area (TPSA) is 110 Å². The SMILES string of the molecule is COCCNCc1nc2nccc(C(=N)N(O)c3ccc(F)c(Cl)c3)c2[nH]1. The Balaban J connectivity index is 1.85. The lowest BCUT2D eigenvalue weighted by Gasteiger charge is -2.18. The molecule has 0 saturated carbocycles. The van der Waals surface area contributed by atoms with E-state index in [2.05, 4.69) is 20.3 Å². The predicted molar refractivity (Wildman–Crippen MR) is 100.0 cm³/mol. The fourth-order valence-electron chi connectivity index (χ4n) is 2.48. The number of hydrogen-bond donors (Lipinski definition) is 4. The number of ether oxygens (including phenoxy) is 1. The molecule has 0 aliphatic heterocycles. The first-order valence-corrected chi connectivity index (χ1v) is 8.45. The molecule has 0 spiro atoms. The van der Waals surface area contributed by atoms with Gasteiger partial charge in [0, 0.05) is 25.4 Å². The summed E-state index contributed by atoms with van der Waals surface area (Å²) in [4.78, 5) is 11.7. The number of methoxy groups -OCH3 is 1. The molecule has 4 N–H and O–H groups in total. The number of halogens is 2. The van der Waals surface area contributed by atoms with Gasteiger partial charge >= 0.3 is 0 Å². The van der Waals surface area contributed by atoms with E-state index in [1.807, 2.05) is 0 Å². The molecule has 0 fully saturated rings. The van der Waals surface area contributed by atoms with Crippen molar-refractivity contribution < 1.29 is 14.3 Å². The summed E-state index contributed by atoms with van der Waals surface area (Å²) in [5.74, 6) is -0.193. The molecule has 0 aliphatic carbocycles. The molecule has 0 amide bonds. The number of fused-ring (bicyclic) bond motifs is 1. The standard InChI is InChI=1S/C17H18ClFN6O2/c1-27-7-6-21-9-14-23-15-11(4-5-22-17(15)24-14)16(20)25(26)10-2-3-13(19)12(18)8-10/h2-5,8,20-21,26H,6-7,9H2,1H3,(H,22,23,24). The van der Waals surface area contributed by atoms with Gasteiger partial charge in [0.1, 0.15) is 11.6 Å². The van der Waals surface area contributed by atoms with E-state index < -0.39 is 5.82 Å². The quantitative estimate of drug-likeness (QED) is 0.213. The Morgan fingerprint density at radius 3 is 3.00 bits per heavy atom. The van der Waals surface area contributed by atoms with Gasteiger partial charge in [-0.1, -0.05) is 11.6 Å². The second kappa shape index (κ2) is 8.40. The third-order valence-corrected chi connectivity index (χ3v) is 4.12. The van der Waals surface area contributed by atoms with Crippen molar-refractivity contribution in [2.75, 3.05) is 25.3 Å². The number of aromatic nitrogens is 3. The molecule has 27 heavy (non-hydrogen) atoms. The van der Waals surface area contributed by atoms with Crippen LogP contribution >= 0.6 is 11.6 Å². The minimum absolute atomic E-state index is 0.148. The molecule has 0 saturated heterocycles. The van der Waals surface area contributed by atoms with E-state index in [0.29, 0.717) is 47.3 Å². The second-order valence-corrected chi connectivity index (χ2v) is 6.08. The van der Waals surface area contributed by atoms with Crippen molar-refractivity contribution in [3.63, 3.8) is 0 Å². The first kappa shape index (κ1) is 19.2. The molecule has 0 bridgehead atoms. The number of anilines is 1. The van der Waals surface area contributed by atoms with Crippen LogP contribution in [-0.4, -0.2) is 46.3 Å². The molecule has 10 heteroatoms. The van der Waals surface area contributed by atoms with E-state index in [1.54, 1.807) is 13.2 Å². The van der Waals surface area contributed by atoms with Gasteiger partial charge in [0.05, 0.1) is 29.4 Å². The summed E-state index contributed by atoms with van der Waals surface area (Å²) in [5, 5.41) is 22.3. The van der Waals surface area contributed by atoms with E-state index in [0.717, 1.165) is 6.07 Å². The fraction of sp³-hybridized carbons (Fsp3) is 0.235. The fourth-order valence-corrected chi connectivity index (χ4v) is 2.66. The number of pyridine rings is 1. The van der Waals surface area contributed by atoms with Crippen LogP contribution in [0.15, 0.2) is 30.5 Å². The van der Waals surface area contributed by atoms with E-state index >= 15 is 0 Å². The minimum atomic E-state index is -0.606. The minimum Gasteiger partial charge on any atom is -0.383 e. The van der Waals surface area contributed by atoms with Crippen molar-refractivity contribution in [2.45, 2.75) is 6.54 Å². The Morgan fingerprint density at radius 2 is 2.26 bits per heavy atom. The van der Waals surface area contributed by atoms with Gasteiger partial charge in [-0.15, -0.1) is 0 Å². The third-order valence-electron chi connectivity index (χ3n) is 3.83. The van der Waals surface area contributed by atoms with Crippen LogP contribution in [0.3, 0.4) is 0 Å². The highest BCUT2D eigenvalue weighted by atomic mass is 35.5. The molecule has 8 nitrogen and oxygen atoms in total. The summed E-state index contributed by atoms with van der Waals surface area (Å²) in [7, 11) is 1.62. The summed E-state index contributed by atoms with van der Waals surface area (Å²) in [5.41, 5.74) is 1.49. The van der Waals surface area contributed by atoms with Gasteiger partial charge in [-0.3, -0.25) is 10.6 Å². The number of rotatable bonds is 7. The first-order valence-electron chi connectivity index (χ1n) is 8.07. The zero-order chi connectivity index (χ0) is 19.4. The Labute approximate surface area is 159 Å². The van der Waals surface area contributed by atoms with Crippen LogP contribution in [0.4, 0.5) is 10.1 Å². The molecule has 0 aliphatic rings. The summed E-state index contributed by atoms with van der Waals surface area (Å²) in [6, 6.07) is 5.27. The highest BCUT2D eigenvalue weighted by Crippen LogP contribution is 2.24. The summed E-state index contributed by atoms with van der Waals surface area (Å²) in [6.07, 6.45) is 1.50. The number of nitrogens with one attached hydrogen (secondary N) is 3. The zero-order valence-corrected chi connectivity index (χ0v) is 15.2. The maximum atomic E-state index is 13.3. The van der Waals surface area contributed by atoms with E-state index in [1.165, 1.54) is 18.3 Å². The van der Waals surface area contributed by atoms with Crippen LogP contribution in [0.1, 0.15) is 11.4 Å². The predicted octanol–water partition coefficient (Wildman–Crippen LogP) is 2.71. The molecule has 0 unspecified atom stereocenters. The van der Waals surface area contributed by atoms with Crippen molar-refractivity contribution in [1.82, 2.24) is 20.3 Å². The van der Waals surface area contributed by atoms with Gasteiger partial charge < -0.3 is 15.0 Å². The lowest BCUT2D eigenvalue weighted by atomic mass is 10.2. The number of nitrogens with zero attached hydrogens (tertiary/aromatic N) is 3. The lowest BCUT2D eigenvalue weighted by molar-refractivity contribution is 0.199. The van der Waals surface area contributed by atoms with Crippen LogP contribution in [0.5, 0.6) is 0 Å². The van der Waals surface area contributed by atoms with Crippen LogP contribution in [0.25, 0.3) is 11.2 Å². The molecular weight excluding hydrogens is 375 g/mol. The van der Waals surface area contributed by atoms with Crippen LogP contribution in [-0.2, 0) is 11.3 Å². The molecule has 3 aromatic rings. The highest BCUT2D eigenvalue weighted by molar-refractivity contribution is 6.31. The average Bonchev–Trinajstić information content (AvgIpc) is 3.09. The number of hydroxylamine groups is 1. The van der Waals surface area contributed by atoms with Crippen molar-refractivity contribution in [3.8, 4) is 0 Å². The number of hydrogen-bond acceptors (Lipinski definition) is 6. The maximum absolute atomic E-state index is 13.3. The first-order chi connectivity index (χ1) is 13.0. The summed E-state index contributed by atoms with van der Waals surface area (Å²) >= 11 is 5.75. The van der Waals surface area contributed by atoms with Crippen molar-refractivity contribution in [2.24, 2.45) is 0 Å². The van der Waals surface area contributed by atoms with Crippen molar-refractivity contribution in [1.29, 1.82) is 5.41 Å². The van der Waals surface area contributed by atoms with E-state index in [-0.39, 0.29) is 16.5 Å². The van der Waals surface area contributed by atoms with E-state index in [4.69, 9.17) is 21.7 Å². The molecule has 3 rings (SSSR count). The van der Waals surface area contributed by atoms with Gasteiger partial charge in [-0.25, -0.2) is 19.4 Å². The summed E-state index contributed by atoms with van der Waals surface area (Å²) in [6.45, 7) is 1.72. The van der Waals surface area contributed by atoms with Crippen LogP contribution in [0.2, 0.25) is 5.02 Å². The normalized spacial score (nSPS) is 11.1. The number of benzene rings is 1. The van der Waals surface area contributed by atoms with Gasteiger partial charge in [-0.05, 0) is 24.3 Å². The highest BCUT2D eigenvalue weighted by Gasteiger charge is 2.18. The Morgan fingerprint density at radius 1 is 1.44 bits per heavy atom. The van der Waals surface area contributed by atoms with Gasteiger partial charge in [0.25, 0.3) is 0 Å². The van der Waals surface area contributed by atoms with Gasteiger partial charge in [0.15, 0.2) is 11.5 Å². The number of aromatic amines is 1. The molecule has 2 heterocycles. The molecule has 2 aromatic heterocycles. The molecular formula is C17H18ClFN6O2.